The van der Waals surface area contributed by atoms with E-state index in [-0.39, 0.29) is 23.3 Å². The van der Waals surface area contributed by atoms with Crippen LogP contribution in [0.25, 0.3) is 0 Å². The number of likely N-dealkylation sites (tertiary alicyclic amines) is 1. The van der Waals surface area contributed by atoms with E-state index in [4.69, 9.17) is 0 Å². The molecule has 2 heterocycles. The van der Waals surface area contributed by atoms with Crippen LogP contribution in [-0.2, 0) is 10.2 Å². The lowest BCUT2D eigenvalue weighted by Crippen LogP contribution is -2.47. The van der Waals surface area contributed by atoms with Crippen LogP contribution in [0.3, 0.4) is 0 Å². The highest BCUT2D eigenvalue weighted by Crippen LogP contribution is 2.20. The van der Waals surface area contributed by atoms with E-state index in [9.17, 15) is 9.59 Å². The Balaban J connectivity index is 1.92. The second kappa shape index (κ2) is 8.27. The fourth-order valence-electron chi connectivity index (χ4n) is 2.75. The Labute approximate surface area is 149 Å². The molecule has 1 saturated heterocycles. The van der Waals surface area contributed by atoms with Crippen LogP contribution in [0.2, 0.25) is 0 Å². The lowest BCUT2D eigenvalue weighted by Gasteiger charge is -2.32. The Hall–Kier alpha value is -2.18. The summed E-state index contributed by atoms with van der Waals surface area (Å²) >= 11 is 0. The topological polar surface area (TPSA) is 87.2 Å². The average molecular weight is 347 g/mol. The maximum atomic E-state index is 12.5. The number of aromatic nitrogens is 2. The molecule has 1 fully saturated rings. The zero-order valence-electron chi connectivity index (χ0n) is 15.6. The van der Waals surface area contributed by atoms with E-state index in [1.54, 1.807) is 17.3 Å². The molecular formula is C18H29N5O2. The molecule has 1 aliphatic heterocycles. The van der Waals surface area contributed by atoms with Crippen LogP contribution >= 0.6 is 0 Å². The third kappa shape index (κ3) is 5.41. The van der Waals surface area contributed by atoms with Crippen molar-refractivity contribution in [3.63, 3.8) is 0 Å². The maximum absolute atomic E-state index is 12.5. The largest absolute Gasteiger partial charge is 0.356 e. The number of hydrogen-bond acceptors (Lipinski definition) is 4. The number of piperidine rings is 1. The molecule has 0 radical (unpaired) electrons. The molecule has 1 atom stereocenters. The zero-order chi connectivity index (χ0) is 18.4. The van der Waals surface area contributed by atoms with Crippen LogP contribution in [0.15, 0.2) is 12.4 Å². The molecule has 3 amide bonds. The third-order valence-electron chi connectivity index (χ3n) is 4.20. The van der Waals surface area contributed by atoms with Crippen molar-refractivity contribution in [1.29, 1.82) is 0 Å². The predicted octanol–water partition coefficient (Wildman–Crippen LogP) is 2.54. The van der Waals surface area contributed by atoms with Crippen molar-refractivity contribution in [2.75, 3.05) is 25.0 Å². The zero-order valence-corrected chi connectivity index (χ0v) is 15.6. The predicted molar refractivity (Wildman–Crippen MR) is 97.3 cm³/mol. The summed E-state index contributed by atoms with van der Waals surface area (Å²) in [7, 11) is 0. The average Bonchev–Trinajstić information content (AvgIpc) is 2.59. The molecule has 1 aromatic rings. The van der Waals surface area contributed by atoms with Gasteiger partial charge in [-0.05, 0) is 19.3 Å². The minimum absolute atomic E-state index is 0.0391. The van der Waals surface area contributed by atoms with Gasteiger partial charge < -0.3 is 15.5 Å². The Morgan fingerprint density at radius 2 is 1.96 bits per heavy atom. The number of urea groups is 1. The van der Waals surface area contributed by atoms with E-state index in [0.29, 0.717) is 25.3 Å². The monoisotopic (exact) mass is 347 g/mol. The van der Waals surface area contributed by atoms with Crippen LogP contribution in [0.1, 0.15) is 52.8 Å². The standard InChI is InChI=1S/C18H29N5O2/c1-5-8-19-15(24)13-7-6-9-23(12-13)17(25)22-14-10-20-16(21-11-14)18(2,3)4/h10-11,13H,5-9,12H2,1-4H3,(H,19,24)(H,22,25)/t13-/m0/s1. The van der Waals surface area contributed by atoms with Crippen molar-refractivity contribution in [3.8, 4) is 0 Å². The number of carbonyl (C=O) groups excluding carboxylic acids is 2. The van der Waals surface area contributed by atoms with Crippen molar-refractivity contribution >= 4 is 17.6 Å². The Bertz CT molecular complexity index is 594. The van der Waals surface area contributed by atoms with Gasteiger partial charge in [0.05, 0.1) is 24.0 Å². The molecule has 0 spiro atoms. The molecular weight excluding hydrogens is 318 g/mol. The lowest BCUT2D eigenvalue weighted by atomic mass is 9.96. The van der Waals surface area contributed by atoms with E-state index in [1.165, 1.54) is 0 Å². The number of amides is 3. The first kappa shape index (κ1) is 19.1. The summed E-state index contributed by atoms with van der Waals surface area (Å²) in [6.07, 6.45) is 5.81. The fraction of sp³-hybridized carbons (Fsp3) is 0.667. The van der Waals surface area contributed by atoms with Gasteiger partial charge >= 0.3 is 6.03 Å². The molecule has 0 saturated carbocycles. The Morgan fingerprint density at radius 1 is 1.28 bits per heavy atom. The van der Waals surface area contributed by atoms with Crippen LogP contribution in [0.4, 0.5) is 10.5 Å². The molecule has 138 valence electrons. The van der Waals surface area contributed by atoms with Gasteiger partial charge in [-0.15, -0.1) is 0 Å². The van der Waals surface area contributed by atoms with Gasteiger partial charge in [-0.3, -0.25) is 4.79 Å². The van der Waals surface area contributed by atoms with Gasteiger partial charge in [-0.2, -0.15) is 0 Å². The minimum atomic E-state index is -0.208. The van der Waals surface area contributed by atoms with E-state index in [1.807, 2.05) is 27.7 Å². The smallest absolute Gasteiger partial charge is 0.321 e. The number of anilines is 1. The van der Waals surface area contributed by atoms with Crippen molar-refractivity contribution < 1.29 is 9.59 Å². The van der Waals surface area contributed by atoms with Crippen molar-refractivity contribution in [1.82, 2.24) is 20.2 Å². The van der Waals surface area contributed by atoms with Crippen LogP contribution in [0.5, 0.6) is 0 Å². The first-order chi connectivity index (χ1) is 11.8. The van der Waals surface area contributed by atoms with Crippen LogP contribution in [-0.4, -0.2) is 46.4 Å². The second-order valence-corrected chi connectivity index (χ2v) is 7.55. The maximum Gasteiger partial charge on any atom is 0.321 e. The highest BCUT2D eigenvalue weighted by atomic mass is 16.2. The first-order valence-corrected chi connectivity index (χ1v) is 8.97. The molecule has 7 nitrogen and oxygen atoms in total. The number of nitrogens with zero attached hydrogens (tertiary/aromatic N) is 3. The van der Waals surface area contributed by atoms with Gasteiger partial charge in [0.25, 0.3) is 0 Å². The number of rotatable bonds is 4. The van der Waals surface area contributed by atoms with E-state index in [2.05, 4.69) is 20.6 Å². The van der Waals surface area contributed by atoms with Gasteiger partial charge in [-0.1, -0.05) is 27.7 Å². The molecule has 0 aliphatic carbocycles. The molecule has 2 rings (SSSR count). The molecule has 7 heteroatoms. The molecule has 0 bridgehead atoms. The normalized spacial score (nSPS) is 17.9. The molecule has 0 aromatic carbocycles. The minimum Gasteiger partial charge on any atom is -0.356 e. The molecule has 0 unspecified atom stereocenters. The van der Waals surface area contributed by atoms with Gasteiger partial charge in [0.2, 0.25) is 5.91 Å². The van der Waals surface area contributed by atoms with Gasteiger partial charge in [0.1, 0.15) is 5.82 Å². The summed E-state index contributed by atoms with van der Waals surface area (Å²) < 4.78 is 0. The van der Waals surface area contributed by atoms with Gasteiger partial charge in [0, 0.05) is 25.0 Å². The molecule has 25 heavy (non-hydrogen) atoms. The van der Waals surface area contributed by atoms with Gasteiger partial charge in [0.15, 0.2) is 0 Å². The first-order valence-electron chi connectivity index (χ1n) is 8.97. The Morgan fingerprint density at radius 3 is 2.56 bits per heavy atom. The van der Waals surface area contributed by atoms with Gasteiger partial charge in [-0.25, -0.2) is 14.8 Å². The summed E-state index contributed by atoms with van der Waals surface area (Å²) in [6, 6.07) is -0.208. The van der Waals surface area contributed by atoms with Crippen molar-refractivity contribution in [2.45, 2.75) is 52.4 Å². The number of carbonyl (C=O) groups is 2. The SMILES string of the molecule is CCCNC(=O)[C@H]1CCCN(C(=O)Nc2cnc(C(C)(C)C)nc2)C1. The Kier molecular flexibility index (Phi) is 6.33. The van der Waals surface area contributed by atoms with E-state index < -0.39 is 0 Å². The van der Waals surface area contributed by atoms with Crippen molar-refractivity contribution in [3.05, 3.63) is 18.2 Å². The van der Waals surface area contributed by atoms with Crippen LogP contribution < -0.4 is 10.6 Å². The van der Waals surface area contributed by atoms with Crippen LogP contribution in [0, 0.1) is 5.92 Å². The molecule has 1 aliphatic rings. The second-order valence-electron chi connectivity index (χ2n) is 7.55. The molecule has 2 N–H and O–H groups in total. The number of hydrogen-bond donors (Lipinski definition) is 2. The van der Waals surface area contributed by atoms with Crippen molar-refractivity contribution in [2.24, 2.45) is 5.92 Å². The summed E-state index contributed by atoms with van der Waals surface area (Å²) in [5.74, 6) is 0.638. The highest BCUT2D eigenvalue weighted by molar-refractivity contribution is 5.89. The quantitative estimate of drug-likeness (QED) is 0.876. The summed E-state index contributed by atoms with van der Waals surface area (Å²) in [4.78, 5) is 34.9. The number of nitrogens with one attached hydrogen (secondary N) is 2. The summed E-state index contributed by atoms with van der Waals surface area (Å²) in [5, 5.41) is 5.74. The van der Waals surface area contributed by atoms with E-state index >= 15 is 0 Å². The lowest BCUT2D eigenvalue weighted by molar-refractivity contribution is -0.126. The summed E-state index contributed by atoms with van der Waals surface area (Å²) in [6.45, 7) is 9.92. The highest BCUT2D eigenvalue weighted by Gasteiger charge is 2.28. The molecule has 1 aromatic heterocycles. The van der Waals surface area contributed by atoms with E-state index in [0.717, 1.165) is 25.1 Å². The fourth-order valence-corrected chi connectivity index (χ4v) is 2.75. The summed E-state index contributed by atoms with van der Waals surface area (Å²) in [5.41, 5.74) is 0.435. The third-order valence-corrected chi connectivity index (χ3v) is 4.20.